The second kappa shape index (κ2) is 4.59. The van der Waals surface area contributed by atoms with Gasteiger partial charge in [0.25, 0.3) is 0 Å². The summed E-state index contributed by atoms with van der Waals surface area (Å²) in [4.78, 5) is 21.8. The van der Waals surface area contributed by atoms with Gasteiger partial charge in [-0.05, 0) is 24.6 Å². The van der Waals surface area contributed by atoms with Crippen LogP contribution in [0.5, 0.6) is 5.75 Å². The summed E-state index contributed by atoms with van der Waals surface area (Å²) >= 11 is 0. The minimum Gasteiger partial charge on any atom is -0.508 e. The molecule has 0 aliphatic carbocycles. The Labute approximate surface area is 87.2 Å². The fourth-order valence-corrected chi connectivity index (χ4v) is 1.34. The van der Waals surface area contributed by atoms with Crippen LogP contribution in [0.3, 0.4) is 0 Å². The van der Waals surface area contributed by atoms with Crippen molar-refractivity contribution in [1.29, 1.82) is 0 Å². The second-order valence-corrected chi connectivity index (χ2v) is 3.39. The van der Waals surface area contributed by atoms with Crippen molar-refractivity contribution in [3.05, 3.63) is 29.8 Å². The number of rotatable bonds is 4. The van der Waals surface area contributed by atoms with E-state index in [2.05, 4.69) is 0 Å². The summed E-state index contributed by atoms with van der Waals surface area (Å²) in [5.41, 5.74) is 0.524. The minimum absolute atomic E-state index is 0.0277. The van der Waals surface area contributed by atoms with Crippen molar-refractivity contribution < 1.29 is 19.8 Å². The van der Waals surface area contributed by atoms with Crippen molar-refractivity contribution >= 4 is 11.8 Å². The third kappa shape index (κ3) is 3.09. The number of carbonyl (C=O) groups is 2. The van der Waals surface area contributed by atoms with Crippen molar-refractivity contribution in [3.63, 3.8) is 0 Å². The molecule has 15 heavy (non-hydrogen) atoms. The first-order valence-electron chi connectivity index (χ1n) is 4.52. The van der Waals surface area contributed by atoms with E-state index in [0.29, 0.717) is 5.56 Å². The van der Waals surface area contributed by atoms with E-state index in [-0.39, 0.29) is 18.0 Å². The monoisotopic (exact) mass is 208 g/mol. The Morgan fingerprint density at radius 3 is 2.20 bits per heavy atom. The zero-order valence-corrected chi connectivity index (χ0v) is 8.30. The van der Waals surface area contributed by atoms with Crippen LogP contribution < -0.4 is 0 Å². The molecule has 4 heteroatoms. The van der Waals surface area contributed by atoms with Crippen LogP contribution in [0.15, 0.2) is 24.3 Å². The Kier molecular flexibility index (Phi) is 3.44. The number of hydrogen-bond donors (Lipinski definition) is 2. The number of aliphatic carboxylic acids is 1. The number of hydrogen-bond acceptors (Lipinski definition) is 3. The lowest BCUT2D eigenvalue weighted by Crippen LogP contribution is -2.14. The molecule has 0 saturated carbocycles. The first-order valence-corrected chi connectivity index (χ1v) is 4.52. The number of Topliss-reactive ketones (excluding diaryl/α,β-unsaturated/α-hetero) is 1. The molecular weight excluding hydrogens is 196 g/mol. The Hall–Kier alpha value is -1.84. The van der Waals surface area contributed by atoms with E-state index in [0.717, 1.165) is 0 Å². The summed E-state index contributed by atoms with van der Waals surface area (Å²) in [5, 5.41) is 18.0. The highest BCUT2D eigenvalue weighted by molar-refractivity contribution is 5.85. The van der Waals surface area contributed by atoms with Gasteiger partial charge in [0.15, 0.2) is 0 Å². The number of phenols is 1. The van der Waals surface area contributed by atoms with E-state index < -0.39 is 11.9 Å². The highest BCUT2D eigenvalue weighted by atomic mass is 16.4. The molecular formula is C11H12O4. The van der Waals surface area contributed by atoms with Gasteiger partial charge in [-0.1, -0.05) is 12.1 Å². The van der Waals surface area contributed by atoms with Gasteiger partial charge in [0, 0.05) is 6.42 Å². The molecule has 1 unspecified atom stereocenters. The maximum atomic E-state index is 10.9. The first-order chi connectivity index (χ1) is 7.00. The molecule has 0 spiro atoms. The van der Waals surface area contributed by atoms with Crippen LogP contribution in [-0.4, -0.2) is 22.0 Å². The third-order valence-corrected chi connectivity index (χ3v) is 2.09. The average Bonchev–Trinajstić information content (AvgIpc) is 2.15. The number of aromatic hydroxyl groups is 1. The smallest absolute Gasteiger partial charge is 0.311 e. The van der Waals surface area contributed by atoms with Crippen LogP contribution >= 0.6 is 0 Å². The molecule has 0 amide bonds. The molecule has 0 bridgehead atoms. The predicted molar refractivity (Wildman–Crippen MR) is 53.8 cm³/mol. The summed E-state index contributed by atoms with van der Waals surface area (Å²) in [7, 11) is 0. The lowest BCUT2D eigenvalue weighted by Gasteiger charge is -2.10. The SMILES string of the molecule is CC(=O)CC(C(=O)O)c1ccc(O)cc1. The van der Waals surface area contributed by atoms with Gasteiger partial charge in [0.1, 0.15) is 11.5 Å². The van der Waals surface area contributed by atoms with Crippen molar-refractivity contribution in [3.8, 4) is 5.75 Å². The molecule has 0 heterocycles. The van der Waals surface area contributed by atoms with Crippen LogP contribution in [-0.2, 0) is 9.59 Å². The molecule has 2 N–H and O–H groups in total. The summed E-state index contributed by atoms with van der Waals surface area (Å²) in [5.74, 6) is -1.96. The van der Waals surface area contributed by atoms with Crippen LogP contribution in [0.25, 0.3) is 0 Å². The van der Waals surface area contributed by atoms with Crippen molar-refractivity contribution in [2.75, 3.05) is 0 Å². The van der Waals surface area contributed by atoms with Gasteiger partial charge in [-0.25, -0.2) is 0 Å². The lowest BCUT2D eigenvalue weighted by atomic mass is 9.94. The molecule has 1 aromatic carbocycles. The maximum Gasteiger partial charge on any atom is 0.311 e. The molecule has 0 aliphatic heterocycles. The van der Waals surface area contributed by atoms with Crippen LogP contribution in [0.4, 0.5) is 0 Å². The molecule has 0 aromatic heterocycles. The van der Waals surface area contributed by atoms with Crippen LogP contribution in [0.2, 0.25) is 0 Å². The molecule has 80 valence electrons. The molecule has 1 rings (SSSR count). The fraction of sp³-hybridized carbons (Fsp3) is 0.273. The van der Waals surface area contributed by atoms with Crippen molar-refractivity contribution in [1.82, 2.24) is 0 Å². The zero-order chi connectivity index (χ0) is 11.4. The molecule has 4 nitrogen and oxygen atoms in total. The van der Waals surface area contributed by atoms with Gasteiger partial charge in [-0.15, -0.1) is 0 Å². The third-order valence-electron chi connectivity index (χ3n) is 2.09. The second-order valence-electron chi connectivity index (χ2n) is 3.39. The van der Waals surface area contributed by atoms with Gasteiger partial charge in [-0.3, -0.25) is 9.59 Å². The van der Waals surface area contributed by atoms with E-state index in [1.54, 1.807) is 0 Å². The topological polar surface area (TPSA) is 74.6 Å². The Bertz CT molecular complexity index is 367. The molecule has 0 radical (unpaired) electrons. The molecule has 1 atom stereocenters. The number of ketones is 1. The summed E-state index contributed by atoms with van der Waals surface area (Å²) in [6, 6.07) is 5.84. The number of benzene rings is 1. The maximum absolute atomic E-state index is 10.9. The highest BCUT2D eigenvalue weighted by Gasteiger charge is 2.21. The number of carboxylic acids is 1. The summed E-state index contributed by atoms with van der Waals surface area (Å²) in [6.07, 6.45) is -0.0277. The van der Waals surface area contributed by atoms with Crippen molar-refractivity contribution in [2.45, 2.75) is 19.3 Å². The Balaban J connectivity index is 2.94. The van der Waals surface area contributed by atoms with E-state index >= 15 is 0 Å². The minimum atomic E-state index is -1.03. The highest BCUT2D eigenvalue weighted by Crippen LogP contribution is 2.22. The zero-order valence-electron chi connectivity index (χ0n) is 8.30. The molecule has 0 fully saturated rings. The fourth-order valence-electron chi connectivity index (χ4n) is 1.34. The number of carboxylic acid groups (broad SMARTS) is 1. The van der Waals surface area contributed by atoms with Crippen LogP contribution in [0, 0.1) is 0 Å². The summed E-state index contributed by atoms with van der Waals surface area (Å²) < 4.78 is 0. The van der Waals surface area contributed by atoms with Gasteiger partial charge >= 0.3 is 5.97 Å². The van der Waals surface area contributed by atoms with Gasteiger partial charge in [-0.2, -0.15) is 0 Å². The largest absolute Gasteiger partial charge is 0.508 e. The number of phenolic OH excluding ortho intramolecular Hbond substituents is 1. The molecule has 0 aliphatic rings. The van der Waals surface area contributed by atoms with E-state index in [1.165, 1.54) is 31.2 Å². The normalized spacial score (nSPS) is 12.1. The average molecular weight is 208 g/mol. The lowest BCUT2D eigenvalue weighted by molar-refractivity contribution is -0.140. The van der Waals surface area contributed by atoms with E-state index in [4.69, 9.17) is 10.2 Å². The van der Waals surface area contributed by atoms with Gasteiger partial charge in [0.05, 0.1) is 5.92 Å². The van der Waals surface area contributed by atoms with E-state index in [1.807, 2.05) is 0 Å². The Morgan fingerprint density at radius 1 is 1.27 bits per heavy atom. The Morgan fingerprint density at radius 2 is 1.80 bits per heavy atom. The standard InChI is InChI=1S/C11H12O4/c1-7(12)6-10(11(14)15)8-2-4-9(13)5-3-8/h2-5,10,13H,6H2,1H3,(H,14,15). The van der Waals surface area contributed by atoms with Gasteiger partial charge < -0.3 is 10.2 Å². The first kappa shape index (κ1) is 11.2. The molecule has 1 aromatic rings. The van der Waals surface area contributed by atoms with Crippen LogP contribution in [0.1, 0.15) is 24.8 Å². The quantitative estimate of drug-likeness (QED) is 0.787. The predicted octanol–water partition coefficient (Wildman–Crippen LogP) is 1.54. The summed E-state index contributed by atoms with van der Waals surface area (Å²) in [6.45, 7) is 1.36. The van der Waals surface area contributed by atoms with Crippen molar-refractivity contribution in [2.24, 2.45) is 0 Å². The molecule has 0 saturated heterocycles. The number of carbonyl (C=O) groups excluding carboxylic acids is 1. The van der Waals surface area contributed by atoms with Gasteiger partial charge in [0.2, 0.25) is 0 Å². The van der Waals surface area contributed by atoms with E-state index in [9.17, 15) is 9.59 Å².